The molecule has 78 valence electrons. The number of hydrogen-bond acceptors (Lipinski definition) is 6. The lowest BCUT2D eigenvalue weighted by Crippen LogP contribution is -2.15. The Hall–Kier alpha value is -1.54. The standard InChI is InChI=1S/C6H5ClN6OS/c1-13-6(8-2-9-13)10-3(14)4-11-12-5(7)15-4/h2H,1H3,(H,8,9,10,14). The van der Waals surface area contributed by atoms with E-state index < -0.39 is 5.91 Å². The molecule has 0 spiro atoms. The number of carbonyl (C=O) groups is 1. The molecule has 2 aromatic heterocycles. The lowest BCUT2D eigenvalue weighted by molar-refractivity contribution is 0.102. The fourth-order valence-electron chi connectivity index (χ4n) is 0.861. The van der Waals surface area contributed by atoms with Gasteiger partial charge in [0.1, 0.15) is 6.33 Å². The van der Waals surface area contributed by atoms with Crippen molar-refractivity contribution < 1.29 is 4.79 Å². The van der Waals surface area contributed by atoms with Crippen molar-refractivity contribution in [2.75, 3.05) is 5.32 Å². The zero-order chi connectivity index (χ0) is 10.8. The lowest BCUT2D eigenvalue weighted by Gasteiger charge is -1.99. The molecule has 0 saturated heterocycles. The lowest BCUT2D eigenvalue weighted by atomic mass is 10.6. The second-order valence-corrected chi connectivity index (χ2v) is 4.08. The first-order valence-corrected chi connectivity index (χ1v) is 5.00. The van der Waals surface area contributed by atoms with Gasteiger partial charge in [-0.3, -0.25) is 10.1 Å². The van der Waals surface area contributed by atoms with E-state index in [2.05, 4.69) is 25.6 Å². The Bertz CT molecular complexity index is 493. The summed E-state index contributed by atoms with van der Waals surface area (Å²) < 4.78 is 1.65. The molecule has 9 heteroatoms. The van der Waals surface area contributed by atoms with Gasteiger partial charge in [0.2, 0.25) is 15.4 Å². The summed E-state index contributed by atoms with van der Waals surface area (Å²) in [5.74, 6) is -0.0678. The number of nitrogens with zero attached hydrogens (tertiary/aromatic N) is 5. The average Bonchev–Trinajstić information content (AvgIpc) is 2.77. The van der Waals surface area contributed by atoms with Crippen LogP contribution in [0.25, 0.3) is 0 Å². The molecule has 2 aromatic rings. The van der Waals surface area contributed by atoms with E-state index >= 15 is 0 Å². The Morgan fingerprint density at radius 2 is 2.40 bits per heavy atom. The van der Waals surface area contributed by atoms with E-state index in [1.807, 2.05) is 0 Å². The number of nitrogens with one attached hydrogen (secondary N) is 1. The minimum Gasteiger partial charge on any atom is -0.288 e. The largest absolute Gasteiger partial charge is 0.289 e. The zero-order valence-electron chi connectivity index (χ0n) is 7.51. The van der Waals surface area contributed by atoms with E-state index in [1.54, 1.807) is 7.05 Å². The van der Waals surface area contributed by atoms with Crippen LogP contribution in [0, 0.1) is 0 Å². The van der Waals surface area contributed by atoms with Crippen LogP contribution in [0.2, 0.25) is 4.47 Å². The van der Waals surface area contributed by atoms with E-state index in [0.29, 0.717) is 5.95 Å². The van der Waals surface area contributed by atoms with Crippen LogP contribution >= 0.6 is 22.9 Å². The summed E-state index contributed by atoms with van der Waals surface area (Å²) in [7, 11) is 1.66. The summed E-state index contributed by atoms with van der Waals surface area (Å²) in [6, 6.07) is 0. The summed E-state index contributed by atoms with van der Waals surface area (Å²) >= 11 is 6.55. The van der Waals surface area contributed by atoms with Gasteiger partial charge < -0.3 is 0 Å². The maximum atomic E-state index is 11.5. The molecule has 0 radical (unpaired) electrons. The Morgan fingerprint density at radius 1 is 1.60 bits per heavy atom. The number of amides is 1. The summed E-state index contributed by atoms with van der Waals surface area (Å²) in [5.41, 5.74) is 0. The van der Waals surface area contributed by atoms with Crippen molar-refractivity contribution >= 4 is 34.8 Å². The molecule has 1 N–H and O–H groups in total. The third-order valence-electron chi connectivity index (χ3n) is 1.53. The van der Waals surface area contributed by atoms with Gasteiger partial charge in [-0.2, -0.15) is 10.1 Å². The highest BCUT2D eigenvalue weighted by Crippen LogP contribution is 2.15. The van der Waals surface area contributed by atoms with Gasteiger partial charge in [-0.25, -0.2) is 4.68 Å². The van der Waals surface area contributed by atoms with E-state index in [-0.39, 0.29) is 9.47 Å². The molecule has 0 bridgehead atoms. The van der Waals surface area contributed by atoms with Crippen LogP contribution < -0.4 is 5.32 Å². The Labute approximate surface area is 93.1 Å². The van der Waals surface area contributed by atoms with Gasteiger partial charge in [-0.15, -0.1) is 10.2 Å². The minimum atomic E-state index is -0.407. The summed E-state index contributed by atoms with van der Waals surface area (Å²) in [4.78, 5) is 15.4. The highest BCUT2D eigenvalue weighted by atomic mass is 35.5. The van der Waals surface area contributed by atoms with Crippen LogP contribution in [-0.2, 0) is 7.05 Å². The zero-order valence-corrected chi connectivity index (χ0v) is 9.08. The van der Waals surface area contributed by atoms with Crippen molar-refractivity contribution in [3.05, 3.63) is 15.8 Å². The van der Waals surface area contributed by atoms with Gasteiger partial charge in [-0.1, -0.05) is 11.3 Å². The molecular weight excluding hydrogens is 240 g/mol. The molecule has 0 atom stereocenters. The first-order chi connectivity index (χ1) is 7.16. The van der Waals surface area contributed by atoms with E-state index in [9.17, 15) is 4.79 Å². The fourth-order valence-corrected chi connectivity index (χ4v) is 1.59. The van der Waals surface area contributed by atoms with Crippen molar-refractivity contribution in [2.24, 2.45) is 7.05 Å². The smallest absolute Gasteiger partial charge is 0.288 e. The quantitative estimate of drug-likeness (QED) is 0.835. The van der Waals surface area contributed by atoms with Crippen molar-refractivity contribution in [3.63, 3.8) is 0 Å². The molecular formula is C6H5ClN6OS. The maximum Gasteiger partial charge on any atom is 0.289 e. The molecule has 2 rings (SSSR count). The second kappa shape index (κ2) is 3.91. The molecule has 0 unspecified atom stereocenters. The SMILES string of the molecule is Cn1ncnc1NC(=O)c1nnc(Cl)s1. The third kappa shape index (κ3) is 2.10. The Kier molecular flexibility index (Phi) is 2.60. The summed E-state index contributed by atoms with van der Waals surface area (Å²) in [5, 5.41) is 13.6. The third-order valence-corrected chi connectivity index (χ3v) is 2.55. The first-order valence-electron chi connectivity index (χ1n) is 3.81. The van der Waals surface area contributed by atoms with Crippen LogP contribution in [-0.4, -0.2) is 30.9 Å². The van der Waals surface area contributed by atoms with Crippen LogP contribution in [0.1, 0.15) is 9.80 Å². The first kappa shape index (κ1) is 9.99. The summed E-state index contributed by atoms with van der Waals surface area (Å²) in [6.07, 6.45) is 1.34. The van der Waals surface area contributed by atoms with Crippen LogP contribution in [0.3, 0.4) is 0 Å². The Balaban J connectivity index is 2.14. The number of aryl methyl sites for hydroxylation is 1. The number of aromatic nitrogens is 5. The van der Waals surface area contributed by atoms with E-state index in [0.717, 1.165) is 11.3 Å². The highest BCUT2D eigenvalue weighted by Gasteiger charge is 2.14. The molecule has 0 aliphatic carbocycles. The van der Waals surface area contributed by atoms with Gasteiger partial charge >= 0.3 is 0 Å². The molecule has 0 fully saturated rings. The highest BCUT2D eigenvalue weighted by molar-refractivity contribution is 7.17. The van der Waals surface area contributed by atoms with Crippen molar-refractivity contribution in [1.82, 2.24) is 25.0 Å². The molecule has 15 heavy (non-hydrogen) atoms. The Morgan fingerprint density at radius 3 is 2.93 bits per heavy atom. The predicted molar refractivity (Wildman–Crippen MR) is 53.9 cm³/mol. The van der Waals surface area contributed by atoms with Gasteiger partial charge in [0.05, 0.1) is 0 Å². The summed E-state index contributed by atoms with van der Waals surface area (Å²) in [6.45, 7) is 0. The number of carbonyl (C=O) groups excluding carboxylic acids is 1. The van der Waals surface area contributed by atoms with Gasteiger partial charge in [0.25, 0.3) is 5.91 Å². The molecule has 0 aromatic carbocycles. The second-order valence-electron chi connectivity index (χ2n) is 2.52. The molecule has 1 amide bonds. The average molecular weight is 245 g/mol. The van der Waals surface area contributed by atoms with Crippen molar-refractivity contribution in [2.45, 2.75) is 0 Å². The van der Waals surface area contributed by atoms with Gasteiger partial charge in [0.15, 0.2) is 0 Å². The number of halogens is 1. The van der Waals surface area contributed by atoms with Crippen molar-refractivity contribution in [3.8, 4) is 0 Å². The molecule has 2 heterocycles. The van der Waals surface area contributed by atoms with Gasteiger partial charge in [-0.05, 0) is 11.6 Å². The van der Waals surface area contributed by atoms with Crippen LogP contribution in [0.4, 0.5) is 5.95 Å². The normalized spacial score (nSPS) is 10.3. The van der Waals surface area contributed by atoms with E-state index in [4.69, 9.17) is 11.6 Å². The van der Waals surface area contributed by atoms with Crippen LogP contribution in [0.5, 0.6) is 0 Å². The topological polar surface area (TPSA) is 85.6 Å². The van der Waals surface area contributed by atoms with Crippen LogP contribution in [0.15, 0.2) is 6.33 Å². The molecule has 0 saturated carbocycles. The van der Waals surface area contributed by atoms with Crippen molar-refractivity contribution in [1.29, 1.82) is 0 Å². The van der Waals surface area contributed by atoms with E-state index in [1.165, 1.54) is 11.0 Å². The molecule has 0 aliphatic rings. The number of hydrogen-bond donors (Lipinski definition) is 1. The monoisotopic (exact) mass is 244 g/mol. The maximum absolute atomic E-state index is 11.5. The number of anilines is 1. The number of rotatable bonds is 2. The molecule has 0 aliphatic heterocycles. The predicted octanol–water partition coefficient (Wildman–Crippen LogP) is 0.572. The fraction of sp³-hybridized carbons (Fsp3) is 0.167. The molecule has 7 nitrogen and oxygen atoms in total. The minimum absolute atomic E-state index is 0.183. The van der Waals surface area contributed by atoms with Gasteiger partial charge in [0, 0.05) is 7.05 Å².